The van der Waals surface area contributed by atoms with Crippen LogP contribution < -0.4 is 0 Å². The molecule has 17 heavy (non-hydrogen) atoms. The molecule has 0 aliphatic rings. The summed E-state index contributed by atoms with van der Waals surface area (Å²) in [6.07, 6.45) is 0. The molecule has 0 unspecified atom stereocenters. The highest BCUT2D eigenvalue weighted by atomic mass is 79.9. The predicted molar refractivity (Wildman–Crippen MR) is 64.7 cm³/mol. The normalized spacial score (nSPS) is 10.2. The van der Waals surface area contributed by atoms with Crippen LogP contribution in [0.3, 0.4) is 0 Å². The molecular formula is C11H9BrN4O. The van der Waals surface area contributed by atoms with E-state index in [1.807, 2.05) is 30.3 Å². The Morgan fingerprint density at radius 1 is 1.41 bits per heavy atom. The van der Waals surface area contributed by atoms with Crippen LogP contribution >= 0.6 is 15.9 Å². The van der Waals surface area contributed by atoms with E-state index >= 15 is 0 Å². The molecule has 2 aromatic rings. The molecule has 0 aliphatic carbocycles. The maximum atomic E-state index is 9.24. The van der Waals surface area contributed by atoms with Crippen LogP contribution in [0.4, 0.5) is 0 Å². The molecule has 2 rings (SSSR count). The van der Waals surface area contributed by atoms with Crippen molar-refractivity contribution in [1.82, 2.24) is 15.0 Å². The number of nitriles is 1. The van der Waals surface area contributed by atoms with Gasteiger partial charge in [0, 0.05) is 10.0 Å². The number of hydrogen-bond donors (Lipinski definition) is 1. The monoisotopic (exact) mass is 292 g/mol. The van der Waals surface area contributed by atoms with Gasteiger partial charge in [-0.25, -0.2) is 4.68 Å². The third-order valence-corrected chi connectivity index (χ3v) is 3.00. The second-order valence-electron chi connectivity index (χ2n) is 3.34. The Morgan fingerprint density at radius 3 is 2.82 bits per heavy atom. The van der Waals surface area contributed by atoms with Gasteiger partial charge in [-0.15, -0.1) is 5.10 Å². The van der Waals surface area contributed by atoms with Crippen LogP contribution in [-0.4, -0.2) is 20.1 Å². The molecule has 0 bridgehead atoms. The first-order valence-corrected chi connectivity index (χ1v) is 5.72. The lowest BCUT2D eigenvalue weighted by molar-refractivity contribution is 0.277. The zero-order valence-electron chi connectivity index (χ0n) is 8.84. The molecule has 86 valence electrons. The first-order chi connectivity index (χ1) is 8.27. The van der Waals surface area contributed by atoms with E-state index in [0.717, 1.165) is 10.0 Å². The second-order valence-corrected chi connectivity index (χ2v) is 4.19. The third kappa shape index (κ3) is 2.20. The first kappa shape index (κ1) is 11.8. The summed E-state index contributed by atoms with van der Waals surface area (Å²) in [7, 11) is 0. The van der Waals surface area contributed by atoms with Gasteiger partial charge in [0.05, 0.1) is 18.4 Å². The van der Waals surface area contributed by atoms with E-state index in [0.29, 0.717) is 11.4 Å². The molecule has 1 aromatic heterocycles. The van der Waals surface area contributed by atoms with E-state index in [2.05, 4.69) is 26.2 Å². The van der Waals surface area contributed by atoms with Gasteiger partial charge in [-0.3, -0.25) is 0 Å². The summed E-state index contributed by atoms with van der Waals surface area (Å²) in [4.78, 5) is 0. The molecule has 0 spiro atoms. The number of rotatable bonds is 3. The van der Waals surface area contributed by atoms with Crippen molar-refractivity contribution in [2.45, 2.75) is 13.2 Å². The molecule has 0 saturated carbocycles. The van der Waals surface area contributed by atoms with E-state index in [-0.39, 0.29) is 13.2 Å². The lowest BCUT2D eigenvalue weighted by Gasteiger charge is -2.06. The Morgan fingerprint density at radius 2 is 2.18 bits per heavy atom. The van der Waals surface area contributed by atoms with Gasteiger partial charge in [0.15, 0.2) is 0 Å². The van der Waals surface area contributed by atoms with Crippen molar-refractivity contribution >= 4 is 15.9 Å². The van der Waals surface area contributed by atoms with E-state index in [1.54, 1.807) is 0 Å². The van der Waals surface area contributed by atoms with E-state index in [9.17, 15) is 5.11 Å². The van der Waals surface area contributed by atoms with Crippen molar-refractivity contribution in [3.05, 3.63) is 34.4 Å². The average molecular weight is 293 g/mol. The molecule has 6 heteroatoms. The first-order valence-electron chi connectivity index (χ1n) is 4.93. The van der Waals surface area contributed by atoms with Crippen LogP contribution in [0.1, 0.15) is 5.69 Å². The summed E-state index contributed by atoms with van der Waals surface area (Å²) in [5.74, 6) is 0. The van der Waals surface area contributed by atoms with Crippen molar-refractivity contribution in [2.75, 3.05) is 0 Å². The zero-order chi connectivity index (χ0) is 12.3. The fraction of sp³-hybridized carbons (Fsp3) is 0.182. The minimum absolute atomic E-state index is 0.101. The van der Waals surface area contributed by atoms with Gasteiger partial charge in [-0.1, -0.05) is 39.3 Å². The zero-order valence-corrected chi connectivity index (χ0v) is 10.4. The number of aliphatic hydroxyl groups is 1. The van der Waals surface area contributed by atoms with Crippen molar-refractivity contribution in [3.8, 4) is 17.3 Å². The smallest absolute Gasteiger partial charge is 0.130 e. The Hall–Kier alpha value is -1.71. The minimum atomic E-state index is -0.206. The van der Waals surface area contributed by atoms with E-state index < -0.39 is 0 Å². The maximum Gasteiger partial charge on any atom is 0.130 e. The van der Waals surface area contributed by atoms with Crippen LogP contribution in [0.25, 0.3) is 11.3 Å². The Bertz CT molecular complexity index is 573. The van der Waals surface area contributed by atoms with Gasteiger partial charge < -0.3 is 5.11 Å². The quantitative estimate of drug-likeness (QED) is 0.935. The molecule has 0 atom stereocenters. The van der Waals surface area contributed by atoms with Crippen molar-refractivity contribution in [2.24, 2.45) is 0 Å². The SMILES string of the molecule is N#CCn1nnc(CO)c1-c1ccccc1Br. The van der Waals surface area contributed by atoms with Crippen molar-refractivity contribution < 1.29 is 5.11 Å². The number of aliphatic hydroxyl groups excluding tert-OH is 1. The number of hydrogen-bond acceptors (Lipinski definition) is 4. The number of aromatic nitrogens is 3. The lowest BCUT2D eigenvalue weighted by Crippen LogP contribution is -2.01. The van der Waals surface area contributed by atoms with Gasteiger partial charge >= 0.3 is 0 Å². The summed E-state index contributed by atoms with van der Waals surface area (Å²) in [6.45, 7) is -0.105. The molecule has 0 saturated heterocycles. The highest BCUT2D eigenvalue weighted by Crippen LogP contribution is 2.29. The van der Waals surface area contributed by atoms with Crippen molar-refractivity contribution in [3.63, 3.8) is 0 Å². The number of halogens is 1. The average Bonchev–Trinajstić information content (AvgIpc) is 2.73. The minimum Gasteiger partial charge on any atom is -0.390 e. The van der Waals surface area contributed by atoms with E-state index in [4.69, 9.17) is 5.26 Å². The Balaban J connectivity index is 2.61. The van der Waals surface area contributed by atoms with Gasteiger partial charge in [-0.05, 0) is 6.07 Å². The van der Waals surface area contributed by atoms with Crippen LogP contribution in [0, 0.1) is 11.3 Å². The Labute approximate surface area is 106 Å². The molecule has 0 radical (unpaired) electrons. The summed E-state index contributed by atoms with van der Waals surface area (Å²) in [5.41, 5.74) is 1.99. The summed E-state index contributed by atoms with van der Waals surface area (Å²) < 4.78 is 2.35. The van der Waals surface area contributed by atoms with Crippen LogP contribution in [0.15, 0.2) is 28.7 Å². The van der Waals surface area contributed by atoms with Gasteiger partial charge in [0.2, 0.25) is 0 Å². The standard InChI is InChI=1S/C11H9BrN4O/c12-9-4-2-1-3-8(9)11-10(7-17)14-15-16(11)6-5-13/h1-4,17H,6-7H2. The molecule has 0 fully saturated rings. The number of nitrogens with zero attached hydrogens (tertiary/aromatic N) is 4. The molecule has 5 nitrogen and oxygen atoms in total. The predicted octanol–water partition coefficient (Wildman–Crippen LogP) is 1.72. The second kappa shape index (κ2) is 5.08. The maximum absolute atomic E-state index is 9.24. The van der Waals surface area contributed by atoms with Gasteiger partial charge in [0.25, 0.3) is 0 Å². The fourth-order valence-corrected chi connectivity index (χ4v) is 2.05. The molecule has 1 aromatic carbocycles. The highest BCUT2D eigenvalue weighted by molar-refractivity contribution is 9.10. The molecule has 0 amide bonds. The van der Waals surface area contributed by atoms with Gasteiger partial charge in [0.1, 0.15) is 12.2 Å². The summed E-state index contributed by atoms with van der Waals surface area (Å²) in [5, 5.41) is 25.7. The van der Waals surface area contributed by atoms with Crippen LogP contribution in [-0.2, 0) is 13.2 Å². The lowest BCUT2D eigenvalue weighted by atomic mass is 10.1. The van der Waals surface area contributed by atoms with Crippen LogP contribution in [0.5, 0.6) is 0 Å². The Kier molecular flexibility index (Phi) is 3.52. The largest absolute Gasteiger partial charge is 0.390 e. The third-order valence-electron chi connectivity index (χ3n) is 2.30. The van der Waals surface area contributed by atoms with Gasteiger partial charge in [-0.2, -0.15) is 5.26 Å². The van der Waals surface area contributed by atoms with E-state index in [1.165, 1.54) is 4.68 Å². The summed E-state index contributed by atoms with van der Waals surface area (Å²) in [6, 6.07) is 9.56. The van der Waals surface area contributed by atoms with Crippen LogP contribution in [0.2, 0.25) is 0 Å². The molecule has 1 N–H and O–H groups in total. The molecular weight excluding hydrogens is 284 g/mol. The molecule has 1 heterocycles. The summed E-state index contributed by atoms with van der Waals surface area (Å²) >= 11 is 3.43. The molecule has 0 aliphatic heterocycles. The topological polar surface area (TPSA) is 74.7 Å². The van der Waals surface area contributed by atoms with Crippen molar-refractivity contribution in [1.29, 1.82) is 5.26 Å². The number of benzene rings is 1. The highest BCUT2D eigenvalue weighted by Gasteiger charge is 2.15. The fourth-order valence-electron chi connectivity index (χ4n) is 1.58.